The highest BCUT2D eigenvalue weighted by Gasteiger charge is 2.12. The Morgan fingerprint density at radius 1 is 1.35 bits per heavy atom. The molecule has 0 radical (unpaired) electrons. The topological polar surface area (TPSA) is 43.8 Å². The van der Waals surface area contributed by atoms with Crippen LogP contribution >= 0.6 is 23.4 Å². The van der Waals surface area contributed by atoms with Crippen LogP contribution < -0.4 is 5.73 Å². The molecule has 0 atom stereocenters. The number of hydrogen-bond acceptors (Lipinski definition) is 3. The fraction of sp³-hybridized carbons (Fsp3) is 0.250. The number of nitrogens with two attached hydrogens (primary N) is 1. The number of aromatic nitrogens is 2. The summed E-state index contributed by atoms with van der Waals surface area (Å²) in [5.41, 5.74) is 7.61. The summed E-state index contributed by atoms with van der Waals surface area (Å²) in [5.74, 6) is 1.50. The molecule has 0 aliphatic heterocycles. The number of hydrogen-bond donors (Lipinski definition) is 1. The van der Waals surface area contributed by atoms with Gasteiger partial charge in [-0.25, -0.2) is 4.98 Å². The highest BCUT2D eigenvalue weighted by molar-refractivity contribution is 7.99. The third-order valence-corrected chi connectivity index (χ3v) is 3.68. The third-order valence-electron chi connectivity index (χ3n) is 2.53. The van der Waals surface area contributed by atoms with E-state index in [-0.39, 0.29) is 0 Å². The van der Waals surface area contributed by atoms with Gasteiger partial charge in [0.05, 0.1) is 5.69 Å². The smallest absolute Gasteiger partial charge is 0.201 e. The first-order valence-corrected chi connectivity index (χ1v) is 6.70. The second-order valence-corrected chi connectivity index (χ2v) is 5.32. The molecule has 0 saturated carbocycles. The van der Waals surface area contributed by atoms with E-state index in [1.54, 1.807) is 4.57 Å². The van der Waals surface area contributed by atoms with Crippen molar-refractivity contribution < 1.29 is 0 Å². The van der Waals surface area contributed by atoms with Crippen LogP contribution in [0.1, 0.15) is 6.92 Å². The number of rotatable bonds is 3. The van der Waals surface area contributed by atoms with Crippen molar-refractivity contribution in [2.24, 2.45) is 7.05 Å². The van der Waals surface area contributed by atoms with E-state index >= 15 is 0 Å². The first-order chi connectivity index (χ1) is 8.13. The number of halogens is 1. The van der Waals surface area contributed by atoms with E-state index in [2.05, 4.69) is 24.0 Å². The molecular weight excluding hydrogens is 254 g/mol. The molecule has 0 unspecified atom stereocenters. The van der Waals surface area contributed by atoms with Crippen LogP contribution in [0.3, 0.4) is 0 Å². The van der Waals surface area contributed by atoms with Crippen LogP contribution in [0.5, 0.6) is 0 Å². The second kappa shape index (κ2) is 5.02. The molecule has 90 valence electrons. The molecule has 0 amide bonds. The molecule has 0 aliphatic carbocycles. The van der Waals surface area contributed by atoms with E-state index in [4.69, 9.17) is 17.3 Å². The Morgan fingerprint density at radius 2 is 2.00 bits per heavy atom. The Labute approximate surface area is 110 Å². The van der Waals surface area contributed by atoms with E-state index in [1.807, 2.05) is 30.9 Å². The van der Waals surface area contributed by atoms with Gasteiger partial charge in [-0.3, -0.25) is 0 Å². The van der Waals surface area contributed by atoms with Crippen LogP contribution in [0.15, 0.2) is 29.2 Å². The molecule has 2 aromatic rings. The summed E-state index contributed by atoms with van der Waals surface area (Å²) in [4.78, 5) is 5.30. The van der Waals surface area contributed by atoms with E-state index in [0.717, 1.165) is 17.0 Å². The minimum Gasteiger partial charge on any atom is -0.369 e. The molecule has 2 N–H and O–H groups in total. The van der Waals surface area contributed by atoms with Gasteiger partial charge in [0.25, 0.3) is 0 Å². The third kappa shape index (κ3) is 2.42. The van der Waals surface area contributed by atoms with Crippen molar-refractivity contribution in [3.63, 3.8) is 0 Å². The van der Waals surface area contributed by atoms with Crippen LogP contribution in [0.4, 0.5) is 5.95 Å². The average Bonchev–Trinajstić information content (AvgIpc) is 2.55. The van der Waals surface area contributed by atoms with Gasteiger partial charge in [0.2, 0.25) is 5.95 Å². The number of nitrogen functional groups attached to an aromatic ring is 1. The predicted octanol–water partition coefficient (Wildman–Crippen LogP) is 3.43. The molecular formula is C12H14ClN3S. The minimum atomic E-state index is 0.428. The molecule has 2 rings (SSSR count). The van der Waals surface area contributed by atoms with Gasteiger partial charge in [-0.1, -0.05) is 30.7 Å². The number of thioether (sulfide) groups is 1. The van der Waals surface area contributed by atoms with E-state index < -0.39 is 0 Å². The van der Waals surface area contributed by atoms with Crippen LogP contribution in [0, 0.1) is 0 Å². The van der Waals surface area contributed by atoms with E-state index in [0.29, 0.717) is 11.1 Å². The van der Waals surface area contributed by atoms with Crippen molar-refractivity contribution in [3.05, 3.63) is 29.4 Å². The lowest BCUT2D eigenvalue weighted by atomic mass is 10.2. The van der Waals surface area contributed by atoms with Gasteiger partial charge in [-0.05, 0) is 17.9 Å². The maximum atomic E-state index is 6.07. The second-order valence-electron chi connectivity index (χ2n) is 3.63. The molecule has 5 heteroatoms. The molecule has 1 aromatic carbocycles. The lowest BCUT2D eigenvalue weighted by Crippen LogP contribution is -1.98. The summed E-state index contributed by atoms with van der Waals surface area (Å²) in [7, 11) is 1.86. The maximum Gasteiger partial charge on any atom is 0.201 e. The first kappa shape index (κ1) is 12.3. The SMILES string of the molecule is CCSc1ccc(-c2c(Cl)nc(N)n2C)cc1. The number of nitrogens with zero attached hydrogens (tertiary/aromatic N) is 2. The van der Waals surface area contributed by atoms with E-state index in [9.17, 15) is 0 Å². The normalized spacial score (nSPS) is 10.8. The lowest BCUT2D eigenvalue weighted by Gasteiger charge is -2.05. The summed E-state index contributed by atoms with van der Waals surface area (Å²) in [6.45, 7) is 2.14. The Hall–Kier alpha value is -1.13. The molecule has 3 nitrogen and oxygen atoms in total. The molecule has 0 saturated heterocycles. The fourth-order valence-corrected chi connectivity index (χ4v) is 2.65. The Bertz CT molecular complexity index is 519. The standard InChI is InChI=1S/C12H14ClN3S/c1-3-17-9-6-4-8(5-7-9)10-11(13)15-12(14)16(10)2/h4-7H,3H2,1-2H3,(H2,14,15). The zero-order valence-electron chi connectivity index (χ0n) is 9.77. The fourth-order valence-electron chi connectivity index (χ4n) is 1.67. The van der Waals surface area contributed by atoms with Gasteiger partial charge >= 0.3 is 0 Å². The van der Waals surface area contributed by atoms with Crippen LogP contribution in [0.2, 0.25) is 5.15 Å². The summed E-state index contributed by atoms with van der Waals surface area (Å²) >= 11 is 7.88. The largest absolute Gasteiger partial charge is 0.369 e. The molecule has 1 aromatic heterocycles. The summed E-state index contributed by atoms with van der Waals surface area (Å²) < 4.78 is 1.80. The molecule has 17 heavy (non-hydrogen) atoms. The predicted molar refractivity (Wildman–Crippen MR) is 74.5 cm³/mol. The van der Waals surface area contributed by atoms with Crippen molar-refractivity contribution in [2.45, 2.75) is 11.8 Å². The Morgan fingerprint density at radius 3 is 2.47 bits per heavy atom. The maximum absolute atomic E-state index is 6.07. The molecule has 0 bridgehead atoms. The molecule has 0 spiro atoms. The van der Waals surface area contributed by atoms with Gasteiger partial charge in [0, 0.05) is 17.5 Å². The van der Waals surface area contributed by atoms with Gasteiger partial charge in [0.1, 0.15) is 0 Å². The van der Waals surface area contributed by atoms with Gasteiger partial charge < -0.3 is 10.3 Å². The highest BCUT2D eigenvalue weighted by atomic mass is 35.5. The highest BCUT2D eigenvalue weighted by Crippen LogP contribution is 2.30. The van der Waals surface area contributed by atoms with Crippen molar-refractivity contribution >= 4 is 29.3 Å². The molecule has 1 heterocycles. The number of anilines is 1. The average molecular weight is 268 g/mol. The van der Waals surface area contributed by atoms with E-state index in [1.165, 1.54) is 4.90 Å². The van der Waals surface area contributed by atoms with Gasteiger partial charge in [0.15, 0.2) is 5.15 Å². The summed E-state index contributed by atoms with van der Waals surface area (Å²) in [6, 6.07) is 8.26. The Kier molecular flexibility index (Phi) is 3.64. The monoisotopic (exact) mass is 267 g/mol. The minimum absolute atomic E-state index is 0.428. The lowest BCUT2D eigenvalue weighted by molar-refractivity contribution is 0.938. The molecule has 0 fully saturated rings. The van der Waals surface area contributed by atoms with Crippen molar-refractivity contribution in [1.29, 1.82) is 0 Å². The molecule has 0 aliphatic rings. The van der Waals surface area contributed by atoms with Crippen molar-refractivity contribution in [3.8, 4) is 11.3 Å². The summed E-state index contributed by atoms with van der Waals surface area (Å²) in [5, 5.41) is 0.445. The first-order valence-electron chi connectivity index (χ1n) is 5.34. The van der Waals surface area contributed by atoms with Gasteiger partial charge in [-0.15, -0.1) is 11.8 Å². The van der Waals surface area contributed by atoms with Crippen LogP contribution in [-0.2, 0) is 7.05 Å². The summed E-state index contributed by atoms with van der Waals surface area (Å²) in [6.07, 6.45) is 0. The number of imidazole rings is 1. The van der Waals surface area contributed by atoms with Crippen LogP contribution in [-0.4, -0.2) is 15.3 Å². The van der Waals surface area contributed by atoms with Crippen molar-refractivity contribution in [1.82, 2.24) is 9.55 Å². The van der Waals surface area contributed by atoms with Crippen molar-refractivity contribution in [2.75, 3.05) is 11.5 Å². The van der Waals surface area contributed by atoms with Crippen LogP contribution in [0.25, 0.3) is 11.3 Å². The zero-order valence-corrected chi connectivity index (χ0v) is 11.3. The number of benzene rings is 1. The Balaban J connectivity index is 2.39. The van der Waals surface area contributed by atoms with Gasteiger partial charge in [-0.2, -0.15) is 0 Å². The zero-order chi connectivity index (χ0) is 12.4. The quantitative estimate of drug-likeness (QED) is 0.867.